The highest BCUT2D eigenvalue weighted by atomic mass is 16.8. The van der Waals surface area contributed by atoms with Crippen LogP contribution in [0.1, 0.15) is 133 Å². The molecule has 9 rings (SSSR count). The van der Waals surface area contributed by atoms with Crippen molar-refractivity contribution in [3.05, 3.63) is 0 Å². The summed E-state index contributed by atoms with van der Waals surface area (Å²) in [6.07, 6.45) is -23.9. The van der Waals surface area contributed by atoms with Crippen LogP contribution in [0.5, 0.6) is 0 Å². The van der Waals surface area contributed by atoms with E-state index in [2.05, 4.69) is 6.92 Å². The molecular weight excluding hydrogens is 1160 g/mol. The summed E-state index contributed by atoms with van der Waals surface area (Å²) < 4.78 is 92.1. The van der Waals surface area contributed by atoms with Crippen molar-refractivity contribution in [3.8, 4) is 0 Å². The largest absolute Gasteiger partial charge is 0.462 e. The Kier molecular flexibility index (Phi) is 22.5. The highest BCUT2D eigenvalue weighted by Crippen LogP contribution is 2.71. The molecular formula is C61H102O27. The van der Waals surface area contributed by atoms with Gasteiger partial charge in [-0.15, -0.1) is 0 Å². The Morgan fingerprint density at radius 2 is 1.12 bits per heavy atom. The van der Waals surface area contributed by atoms with Crippen molar-refractivity contribution >= 4 is 11.9 Å². The lowest BCUT2D eigenvalue weighted by Gasteiger charge is -2.66. The maximum atomic E-state index is 13.1. The van der Waals surface area contributed by atoms with Gasteiger partial charge < -0.3 is 122 Å². The summed E-state index contributed by atoms with van der Waals surface area (Å²) >= 11 is 0. The summed E-state index contributed by atoms with van der Waals surface area (Å²) in [5.74, 6) is -1.25. The van der Waals surface area contributed by atoms with Crippen LogP contribution in [0.3, 0.4) is 0 Å². The van der Waals surface area contributed by atoms with Crippen molar-refractivity contribution in [2.24, 2.45) is 34.5 Å². The molecule has 4 aliphatic carbocycles. The summed E-state index contributed by atoms with van der Waals surface area (Å²) in [7, 11) is 4.46. The zero-order chi connectivity index (χ0) is 64.3. The molecule has 1 unspecified atom stereocenters. The van der Waals surface area contributed by atoms with Gasteiger partial charge >= 0.3 is 11.9 Å². The molecule has 27 heteroatoms. The second-order valence-corrected chi connectivity index (χ2v) is 27.1. The molecule has 9 aliphatic rings. The summed E-state index contributed by atoms with van der Waals surface area (Å²) in [4.78, 5) is 25.9. The number of esters is 2. The third-order valence-electron chi connectivity index (χ3n) is 22.4. The van der Waals surface area contributed by atoms with Gasteiger partial charge in [0.25, 0.3) is 0 Å². The molecule has 0 aromatic heterocycles. The number of methoxy groups -OCH3 is 3. The monoisotopic (exact) mass is 1270 g/mol. The van der Waals surface area contributed by atoms with Crippen LogP contribution in [-0.2, 0) is 80.6 Å². The molecule has 9 fully saturated rings. The van der Waals surface area contributed by atoms with Crippen LogP contribution in [0.4, 0.5) is 0 Å². The molecule has 10 N–H and O–H groups in total. The van der Waals surface area contributed by atoms with Gasteiger partial charge in [0.1, 0.15) is 97.2 Å². The average molecular weight is 1270 g/mol. The number of rotatable bonds is 20. The van der Waals surface area contributed by atoms with Gasteiger partial charge in [0.15, 0.2) is 31.5 Å². The van der Waals surface area contributed by atoms with Crippen molar-refractivity contribution in [1.82, 2.24) is 0 Å². The lowest BCUT2D eigenvalue weighted by molar-refractivity contribution is -0.385. The molecule has 5 saturated heterocycles. The number of aliphatic hydroxyl groups is 10. The normalized spacial score (nSPS) is 51.3. The summed E-state index contributed by atoms with van der Waals surface area (Å²) in [6, 6.07) is 0. The first kappa shape index (κ1) is 70.3. The van der Waals surface area contributed by atoms with Gasteiger partial charge in [0.2, 0.25) is 0 Å². The number of hydrogen-bond acceptors (Lipinski definition) is 27. The van der Waals surface area contributed by atoms with Gasteiger partial charge in [-0.05, 0) is 109 Å². The van der Waals surface area contributed by atoms with Crippen LogP contribution in [0.25, 0.3) is 0 Å². The molecule has 0 radical (unpaired) electrons. The quantitative estimate of drug-likeness (QED) is 0.0566. The fourth-order valence-electron chi connectivity index (χ4n) is 16.9. The van der Waals surface area contributed by atoms with Crippen molar-refractivity contribution in [3.63, 3.8) is 0 Å². The van der Waals surface area contributed by atoms with Crippen molar-refractivity contribution in [2.45, 2.75) is 304 Å². The molecule has 27 nitrogen and oxygen atoms in total. The van der Waals surface area contributed by atoms with Gasteiger partial charge in [-0.25, -0.2) is 0 Å². The summed E-state index contributed by atoms with van der Waals surface area (Å²) in [5, 5.41) is 111. The van der Waals surface area contributed by atoms with Crippen molar-refractivity contribution < 1.29 is 132 Å². The Morgan fingerprint density at radius 3 is 1.72 bits per heavy atom. The van der Waals surface area contributed by atoms with Gasteiger partial charge in [0, 0.05) is 41.1 Å². The number of hydrogen-bond donors (Lipinski definition) is 10. The van der Waals surface area contributed by atoms with E-state index in [0.29, 0.717) is 25.7 Å². The first-order chi connectivity index (χ1) is 41.6. The van der Waals surface area contributed by atoms with Crippen molar-refractivity contribution in [2.75, 3.05) is 34.5 Å². The van der Waals surface area contributed by atoms with E-state index in [1.165, 1.54) is 21.1 Å². The molecule has 5 aliphatic heterocycles. The number of carbonyl (C=O) groups is 2. The number of aliphatic hydroxyl groups excluding tert-OH is 8. The highest BCUT2D eigenvalue weighted by molar-refractivity contribution is 5.72. The first-order valence-electron chi connectivity index (χ1n) is 31.8. The van der Waals surface area contributed by atoms with Crippen LogP contribution < -0.4 is 0 Å². The molecule has 88 heavy (non-hydrogen) atoms. The summed E-state index contributed by atoms with van der Waals surface area (Å²) in [5.41, 5.74) is -4.58. The van der Waals surface area contributed by atoms with E-state index in [9.17, 15) is 60.7 Å². The Hall–Kier alpha value is -1.98. The molecule has 0 bridgehead atoms. The van der Waals surface area contributed by atoms with E-state index in [1.807, 2.05) is 20.8 Å². The highest BCUT2D eigenvalue weighted by Gasteiger charge is 2.77. The molecule has 0 spiro atoms. The molecule has 0 amide bonds. The third kappa shape index (κ3) is 12.9. The van der Waals surface area contributed by atoms with Crippen molar-refractivity contribution in [1.29, 1.82) is 0 Å². The van der Waals surface area contributed by atoms with E-state index in [4.69, 9.17) is 71.1 Å². The molecule has 0 aromatic rings. The van der Waals surface area contributed by atoms with E-state index in [1.54, 1.807) is 34.8 Å². The van der Waals surface area contributed by atoms with Crippen LogP contribution >= 0.6 is 0 Å². The lowest BCUT2D eigenvalue weighted by Crippen LogP contribution is -2.72. The number of ether oxygens (including phenoxy) is 15. The van der Waals surface area contributed by atoms with Gasteiger partial charge in [-0.2, -0.15) is 0 Å². The third-order valence-corrected chi connectivity index (χ3v) is 22.4. The zero-order valence-corrected chi connectivity index (χ0v) is 52.9. The minimum Gasteiger partial charge on any atom is -0.462 e. The predicted octanol–water partition coefficient (Wildman–Crippen LogP) is -0.0201. The van der Waals surface area contributed by atoms with Crippen LogP contribution in [0.2, 0.25) is 0 Å². The van der Waals surface area contributed by atoms with Crippen LogP contribution in [-0.4, -0.2) is 268 Å². The topological polar surface area (TPSA) is 375 Å². The van der Waals surface area contributed by atoms with Crippen LogP contribution in [0, 0.1) is 34.5 Å². The second kappa shape index (κ2) is 28.1. The molecule has 0 aromatic carbocycles. The lowest BCUT2D eigenvalue weighted by atomic mass is 9.42. The smallest absolute Gasteiger partial charge is 0.309 e. The minimum atomic E-state index is -1.86. The van der Waals surface area contributed by atoms with Crippen LogP contribution in [0.15, 0.2) is 0 Å². The number of carbonyl (C=O) groups excluding carboxylic acids is 2. The Balaban J connectivity index is 0.774. The molecule has 4 saturated carbocycles. The van der Waals surface area contributed by atoms with Gasteiger partial charge in [-0.3, -0.25) is 9.59 Å². The average Bonchev–Trinajstić information content (AvgIpc) is 1.40. The maximum Gasteiger partial charge on any atom is 0.309 e. The fraction of sp³-hybridized carbons (Fsp3) is 0.967. The molecule has 34 atom stereocenters. The SMILES string of the molecule is CCC(C)C(=O)O[C@@H](C)[C@]1(O)CC[C@]2(O)[C@@H]3CC[C@H]4C[C@@H](O[C@H]5C[C@H](OC)[C@H](O[C@H]6C[C@@H](OC)[C@H](O[C@@H]7O[C@H](C)[C@@H](O[C@@H]8O[C@H](CO)[C@@H](O[C@@H]9O[C@H](CO)[C@@H](O)[C@H](O)[C@H]9O)[C@H](O)[C@H]8O)[C@H](OC)[C@H]7O)[C@@H](C)O6)[C@@H](C)O5)CC[C@]4(C)[C@H]3C[C@@H](OC(C)=O)[C@]12C. The second-order valence-electron chi connectivity index (χ2n) is 27.1. The Bertz CT molecular complexity index is 2300. The Morgan fingerprint density at radius 1 is 0.568 bits per heavy atom. The van der Waals surface area contributed by atoms with E-state index in [0.717, 1.165) is 25.7 Å². The predicted molar refractivity (Wildman–Crippen MR) is 301 cm³/mol. The maximum absolute atomic E-state index is 13.1. The molecule has 5 heterocycles. The minimum absolute atomic E-state index is 0.0210. The van der Waals surface area contributed by atoms with Gasteiger partial charge in [-0.1, -0.05) is 27.7 Å². The Labute approximate surface area is 515 Å². The zero-order valence-electron chi connectivity index (χ0n) is 52.9. The van der Waals surface area contributed by atoms with E-state index in [-0.39, 0.29) is 54.5 Å². The number of fused-ring (bicyclic) bond motifs is 5. The van der Waals surface area contributed by atoms with E-state index >= 15 is 0 Å². The fourth-order valence-corrected chi connectivity index (χ4v) is 16.9. The summed E-state index contributed by atoms with van der Waals surface area (Å²) in [6.45, 7) is 14.6. The first-order valence-corrected chi connectivity index (χ1v) is 31.8. The standard InChI is InChI=1S/C61H102O27/c1-13-26(2)54(71)80-30(6)60(72)18-19-61(73)34-15-14-32-20-33(16-17-58(32,8)35(34)21-40(59(60,61)9)81-31(7)64)82-41-22-36(74-10)49(27(3)77-41)85-42-23-37(75-11)50(28(4)78-42)86-57-48(70)53(76-12)51(29(5)79-57)87-56-47(69)45(67)52(39(25-63)84-56)88-55-46(68)44(66)43(65)38(24-62)83-55/h26-30,32-53,55-57,62-63,65-70,72-73H,13-25H2,1-12H3/t26?,27-,28-,29-,30+,32+,33+,34-,35+,36+,37-,38-,39-,40-,41+,42+,43-,44+,45-,46-,47-,48-,49-,50-,51-,52-,53-,55+,56+,57+,58+,59-,60-,61+/m1/s1. The van der Waals surface area contributed by atoms with Gasteiger partial charge in [0.05, 0.1) is 66.8 Å². The molecule has 508 valence electrons. The van der Waals surface area contributed by atoms with E-state index < -0.39 is 195 Å².